The van der Waals surface area contributed by atoms with Crippen LogP contribution in [0.1, 0.15) is 53.9 Å². The van der Waals surface area contributed by atoms with Gasteiger partial charge in [-0.1, -0.05) is 67.0 Å². The minimum absolute atomic E-state index is 0. The normalized spacial score (nSPS) is 19.0. The van der Waals surface area contributed by atoms with Crippen molar-refractivity contribution in [2.75, 3.05) is 6.61 Å². The van der Waals surface area contributed by atoms with Crippen molar-refractivity contribution in [3.63, 3.8) is 0 Å². The van der Waals surface area contributed by atoms with Crippen LogP contribution in [0.2, 0.25) is 0 Å². The summed E-state index contributed by atoms with van der Waals surface area (Å²) in [6.07, 6.45) is 16.3. The van der Waals surface area contributed by atoms with E-state index in [4.69, 9.17) is 5.11 Å². The smallest absolute Gasteiger partial charge is 0.0617 e. The standard InChI is InChI=1S/C20H30O.H3N.H2O/c1-16(8-6-9-17(2)13-15-21)11-12-19-18(3)10-7-14-20(19,4)5;;/h6,8-9,11-13,21H,7,10,14-15H2,1-5H3;1H3;1H2/b9-6+,12-11+,16-8+,17-13+;;. The highest BCUT2D eigenvalue weighted by Gasteiger charge is 2.26. The van der Waals surface area contributed by atoms with Gasteiger partial charge in [0.05, 0.1) is 6.61 Å². The van der Waals surface area contributed by atoms with Crippen LogP contribution in [-0.2, 0) is 0 Å². The molecular weight excluding hydrogens is 286 g/mol. The van der Waals surface area contributed by atoms with Gasteiger partial charge >= 0.3 is 0 Å². The van der Waals surface area contributed by atoms with Gasteiger partial charge in [0.1, 0.15) is 0 Å². The van der Waals surface area contributed by atoms with Crippen molar-refractivity contribution in [2.24, 2.45) is 5.41 Å². The lowest BCUT2D eigenvalue weighted by Crippen LogP contribution is -2.19. The first-order chi connectivity index (χ1) is 9.86. The Morgan fingerprint density at radius 3 is 2.39 bits per heavy atom. The molecule has 1 aliphatic carbocycles. The number of aliphatic hydroxyl groups excluding tert-OH is 1. The highest BCUT2D eigenvalue weighted by Crippen LogP contribution is 2.40. The summed E-state index contributed by atoms with van der Waals surface area (Å²) in [7, 11) is 0. The van der Waals surface area contributed by atoms with Gasteiger partial charge in [-0.05, 0) is 51.0 Å². The minimum atomic E-state index is 0. The van der Waals surface area contributed by atoms with Crippen molar-refractivity contribution in [1.82, 2.24) is 6.15 Å². The second kappa shape index (κ2) is 11.2. The molecule has 132 valence electrons. The summed E-state index contributed by atoms with van der Waals surface area (Å²) in [5, 5.41) is 8.81. The van der Waals surface area contributed by atoms with Gasteiger partial charge in [-0.2, -0.15) is 0 Å². The lowest BCUT2D eigenvalue weighted by molar-refractivity contribution is 0.342. The molecule has 0 aliphatic heterocycles. The molecule has 0 fully saturated rings. The van der Waals surface area contributed by atoms with Crippen LogP contribution in [0.3, 0.4) is 0 Å². The SMILES string of the molecule is CC1=C(/C=C/C(C)=C/C=C/C(C)=C/CO)C(C)(C)CCC1.N.O. The molecule has 23 heavy (non-hydrogen) atoms. The number of hydrogen-bond donors (Lipinski definition) is 2. The van der Waals surface area contributed by atoms with Crippen LogP contribution in [0.25, 0.3) is 0 Å². The maximum Gasteiger partial charge on any atom is 0.0617 e. The number of aliphatic hydroxyl groups is 1. The quantitative estimate of drug-likeness (QED) is 0.709. The molecule has 0 radical (unpaired) electrons. The zero-order chi connectivity index (χ0) is 15.9. The first kappa shape index (κ1) is 23.8. The van der Waals surface area contributed by atoms with Crippen molar-refractivity contribution in [1.29, 1.82) is 0 Å². The second-order valence-corrected chi connectivity index (χ2v) is 6.67. The fourth-order valence-corrected chi connectivity index (χ4v) is 2.84. The Hall–Kier alpha value is -1.42. The predicted octanol–water partition coefficient (Wildman–Crippen LogP) is 4.85. The van der Waals surface area contributed by atoms with E-state index in [9.17, 15) is 0 Å². The summed E-state index contributed by atoms with van der Waals surface area (Å²) in [6, 6.07) is 0. The first-order valence-electron chi connectivity index (χ1n) is 7.87. The van der Waals surface area contributed by atoms with Crippen LogP contribution in [0.15, 0.2) is 58.7 Å². The molecule has 0 bridgehead atoms. The monoisotopic (exact) mass is 321 g/mol. The largest absolute Gasteiger partial charge is 0.412 e. The van der Waals surface area contributed by atoms with E-state index < -0.39 is 0 Å². The molecule has 0 amide bonds. The zero-order valence-corrected chi connectivity index (χ0v) is 15.4. The molecule has 0 atom stereocenters. The van der Waals surface area contributed by atoms with Crippen molar-refractivity contribution in [2.45, 2.75) is 53.9 Å². The van der Waals surface area contributed by atoms with Crippen molar-refractivity contribution in [3.05, 3.63) is 58.7 Å². The molecule has 1 aliphatic rings. The van der Waals surface area contributed by atoms with Crippen molar-refractivity contribution in [3.8, 4) is 0 Å². The average Bonchev–Trinajstić information content (AvgIpc) is 2.37. The second-order valence-electron chi connectivity index (χ2n) is 6.67. The fourth-order valence-electron chi connectivity index (χ4n) is 2.84. The van der Waals surface area contributed by atoms with Gasteiger partial charge in [-0.15, -0.1) is 0 Å². The topological polar surface area (TPSA) is 86.7 Å². The molecule has 0 aromatic carbocycles. The Kier molecular flexibility index (Phi) is 11.6. The van der Waals surface area contributed by atoms with Gasteiger partial charge in [-0.25, -0.2) is 0 Å². The van der Waals surface area contributed by atoms with Crippen LogP contribution in [0.5, 0.6) is 0 Å². The van der Waals surface area contributed by atoms with Crippen molar-refractivity contribution >= 4 is 0 Å². The lowest BCUT2D eigenvalue weighted by Gasteiger charge is -2.32. The van der Waals surface area contributed by atoms with E-state index in [1.807, 2.05) is 19.1 Å². The summed E-state index contributed by atoms with van der Waals surface area (Å²) in [5.74, 6) is 0. The summed E-state index contributed by atoms with van der Waals surface area (Å²) in [6.45, 7) is 11.2. The number of hydrogen-bond acceptors (Lipinski definition) is 2. The van der Waals surface area contributed by atoms with Crippen LogP contribution in [0, 0.1) is 5.41 Å². The lowest BCUT2D eigenvalue weighted by atomic mass is 9.72. The van der Waals surface area contributed by atoms with Crippen LogP contribution < -0.4 is 6.15 Å². The number of allylic oxidation sites excluding steroid dienone is 9. The molecule has 3 nitrogen and oxygen atoms in total. The summed E-state index contributed by atoms with van der Waals surface area (Å²) in [4.78, 5) is 0. The molecule has 0 unspecified atom stereocenters. The van der Waals surface area contributed by atoms with Crippen LogP contribution >= 0.6 is 0 Å². The predicted molar refractivity (Wildman–Crippen MR) is 102 cm³/mol. The summed E-state index contributed by atoms with van der Waals surface area (Å²) >= 11 is 0. The molecule has 0 saturated carbocycles. The van der Waals surface area contributed by atoms with E-state index in [0.717, 1.165) is 5.57 Å². The Morgan fingerprint density at radius 2 is 1.83 bits per heavy atom. The van der Waals surface area contributed by atoms with E-state index in [2.05, 4.69) is 45.9 Å². The molecule has 0 aromatic rings. The van der Waals surface area contributed by atoms with Gasteiger partial charge in [0, 0.05) is 0 Å². The first-order valence-corrected chi connectivity index (χ1v) is 7.87. The Balaban J connectivity index is 0. The molecule has 0 aromatic heterocycles. The highest BCUT2D eigenvalue weighted by atomic mass is 16.2. The van der Waals surface area contributed by atoms with Crippen molar-refractivity contribution < 1.29 is 10.6 Å². The van der Waals surface area contributed by atoms with Gasteiger partial charge in [0.15, 0.2) is 0 Å². The third-order valence-corrected chi connectivity index (χ3v) is 4.19. The van der Waals surface area contributed by atoms with E-state index in [0.29, 0.717) is 5.41 Å². The van der Waals surface area contributed by atoms with Gasteiger partial charge in [0.25, 0.3) is 0 Å². The zero-order valence-electron chi connectivity index (χ0n) is 15.4. The van der Waals surface area contributed by atoms with E-state index >= 15 is 0 Å². The van der Waals surface area contributed by atoms with E-state index in [-0.39, 0.29) is 18.2 Å². The minimum Gasteiger partial charge on any atom is -0.412 e. The molecule has 0 spiro atoms. The molecule has 0 heterocycles. The summed E-state index contributed by atoms with van der Waals surface area (Å²) in [5.41, 5.74) is 5.66. The van der Waals surface area contributed by atoms with Gasteiger partial charge in [0.2, 0.25) is 0 Å². The Labute approximate surface area is 142 Å². The van der Waals surface area contributed by atoms with Crippen LogP contribution in [0.4, 0.5) is 0 Å². The molecular formula is C20H35NO2. The molecule has 6 N–H and O–H groups in total. The third kappa shape index (κ3) is 8.12. The Morgan fingerprint density at radius 1 is 1.17 bits per heavy atom. The van der Waals surface area contributed by atoms with E-state index in [1.54, 1.807) is 6.08 Å². The Bertz CT molecular complexity index is 506. The van der Waals surface area contributed by atoms with Crippen LogP contribution in [-0.4, -0.2) is 17.2 Å². The maximum absolute atomic E-state index is 8.81. The average molecular weight is 322 g/mol. The third-order valence-electron chi connectivity index (χ3n) is 4.19. The highest BCUT2D eigenvalue weighted by molar-refractivity contribution is 5.37. The number of rotatable bonds is 5. The molecule has 3 heteroatoms. The maximum atomic E-state index is 8.81. The van der Waals surface area contributed by atoms with Gasteiger partial charge in [-0.3, -0.25) is 0 Å². The fraction of sp³-hybridized carbons (Fsp3) is 0.500. The molecule has 0 saturated heterocycles. The summed E-state index contributed by atoms with van der Waals surface area (Å²) < 4.78 is 0. The van der Waals surface area contributed by atoms with E-state index in [1.165, 1.54) is 36.0 Å². The van der Waals surface area contributed by atoms with Gasteiger partial charge < -0.3 is 16.7 Å². The molecule has 1 rings (SSSR count).